The van der Waals surface area contributed by atoms with Gasteiger partial charge in [0.05, 0.1) is 24.9 Å². The molecule has 0 bridgehead atoms. The fourth-order valence-electron chi connectivity index (χ4n) is 2.64. The quantitative estimate of drug-likeness (QED) is 0.870. The Hall–Kier alpha value is -1.06. The Bertz CT molecular complexity index is 381. The van der Waals surface area contributed by atoms with Gasteiger partial charge >= 0.3 is 0 Å². The first-order valence-electron chi connectivity index (χ1n) is 6.80. The topological polar surface area (TPSA) is 30.5 Å². The molecule has 0 radical (unpaired) electrons. The van der Waals surface area contributed by atoms with Crippen LogP contribution in [0.2, 0.25) is 0 Å². The number of hydrogen-bond donors (Lipinski definition) is 1. The maximum absolute atomic E-state index is 5.98. The summed E-state index contributed by atoms with van der Waals surface area (Å²) in [4.78, 5) is 0. The molecular weight excluding hydrogens is 226 g/mol. The third kappa shape index (κ3) is 2.85. The predicted molar refractivity (Wildman–Crippen MR) is 73.0 cm³/mol. The largest absolute Gasteiger partial charge is 0.494 e. The third-order valence-electron chi connectivity index (χ3n) is 3.50. The molecule has 1 fully saturated rings. The Morgan fingerprint density at radius 2 is 2.17 bits per heavy atom. The number of para-hydroxylation sites is 1. The van der Waals surface area contributed by atoms with Crippen molar-refractivity contribution >= 4 is 0 Å². The van der Waals surface area contributed by atoms with Gasteiger partial charge < -0.3 is 14.8 Å². The van der Waals surface area contributed by atoms with Crippen LogP contribution in [0.15, 0.2) is 24.3 Å². The molecule has 0 aromatic heterocycles. The van der Waals surface area contributed by atoms with Gasteiger partial charge in [0, 0.05) is 5.56 Å². The summed E-state index contributed by atoms with van der Waals surface area (Å²) in [5, 5.41) is 3.37. The van der Waals surface area contributed by atoms with Gasteiger partial charge in [-0.05, 0) is 39.8 Å². The fraction of sp³-hybridized carbons (Fsp3) is 0.600. The first-order chi connectivity index (χ1) is 8.76. The summed E-state index contributed by atoms with van der Waals surface area (Å²) in [6.45, 7) is 4.84. The number of benzene rings is 1. The van der Waals surface area contributed by atoms with E-state index in [1.54, 1.807) is 0 Å². The lowest BCUT2D eigenvalue weighted by atomic mass is 9.98. The summed E-state index contributed by atoms with van der Waals surface area (Å²) >= 11 is 0. The van der Waals surface area contributed by atoms with Crippen molar-refractivity contribution in [2.45, 2.75) is 44.9 Å². The SMILES string of the molecule is CCOc1ccccc1C(NC)C1CCC(C)O1. The number of ether oxygens (including phenoxy) is 2. The Morgan fingerprint density at radius 1 is 1.39 bits per heavy atom. The van der Waals surface area contributed by atoms with Gasteiger partial charge in [0.25, 0.3) is 0 Å². The second kappa shape index (κ2) is 6.21. The van der Waals surface area contributed by atoms with Gasteiger partial charge in [-0.3, -0.25) is 0 Å². The summed E-state index contributed by atoms with van der Waals surface area (Å²) in [7, 11) is 1.99. The summed E-state index contributed by atoms with van der Waals surface area (Å²) in [5.74, 6) is 0.961. The summed E-state index contributed by atoms with van der Waals surface area (Å²) in [6.07, 6.45) is 2.85. The van der Waals surface area contributed by atoms with Crippen molar-refractivity contribution in [2.24, 2.45) is 0 Å². The molecule has 18 heavy (non-hydrogen) atoms. The molecule has 1 heterocycles. The van der Waals surface area contributed by atoms with Crippen molar-refractivity contribution in [1.82, 2.24) is 5.32 Å². The monoisotopic (exact) mass is 249 g/mol. The number of rotatable bonds is 5. The molecule has 100 valence electrons. The molecule has 1 aromatic rings. The van der Waals surface area contributed by atoms with Crippen molar-refractivity contribution in [3.05, 3.63) is 29.8 Å². The first kappa shape index (κ1) is 13.4. The highest BCUT2D eigenvalue weighted by Crippen LogP contribution is 2.34. The van der Waals surface area contributed by atoms with Crippen LogP contribution in [0.25, 0.3) is 0 Å². The van der Waals surface area contributed by atoms with E-state index in [0.29, 0.717) is 12.7 Å². The number of nitrogens with one attached hydrogen (secondary N) is 1. The van der Waals surface area contributed by atoms with Gasteiger partial charge in [-0.1, -0.05) is 18.2 Å². The summed E-state index contributed by atoms with van der Waals surface area (Å²) < 4.78 is 11.7. The molecule has 1 N–H and O–H groups in total. The maximum Gasteiger partial charge on any atom is 0.124 e. The fourth-order valence-corrected chi connectivity index (χ4v) is 2.64. The predicted octanol–water partition coefficient (Wildman–Crippen LogP) is 2.91. The molecule has 0 spiro atoms. The zero-order valence-corrected chi connectivity index (χ0v) is 11.5. The minimum absolute atomic E-state index is 0.206. The van der Waals surface area contributed by atoms with E-state index in [-0.39, 0.29) is 12.1 Å². The Balaban J connectivity index is 2.21. The van der Waals surface area contributed by atoms with Crippen molar-refractivity contribution in [1.29, 1.82) is 0 Å². The second-order valence-corrected chi connectivity index (χ2v) is 4.80. The van der Waals surface area contributed by atoms with E-state index >= 15 is 0 Å². The summed E-state index contributed by atoms with van der Waals surface area (Å²) in [6, 6.07) is 8.43. The van der Waals surface area contributed by atoms with Gasteiger partial charge in [-0.15, -0.1) is 0 Å². The number of hydrogen-bond acceptors (Lipinski definition) is 3. The molecule has 1 aromatic carbocycles. The lowest BCUT2D eigenvalue weighted by molar-refractivity contribution is 0.0327. The molecular formula is C15H23NO2. The average Bonchev–Trinajstić information content (AvgIpc) is 2.79. The highest BCUT2D eigenvalue weighted by atomic mass is 16.5. The molecule has 1 saturated heterocycles. The molecule has 3 heteroatoms. The molecule has 1 aliphatic rings. The molecule has 0 saturated carbocycles. The first-order valence-corrected chi connectivity index (χ1v) is 6.80. The smallest absolute Gasteiger partial charge is 0.124 e. The molecule has 0 aliphatic carbocycles. The lowest BCUT2D eigenvalue weighted by Gasteiger charge is -2.25. The zero-order valence-electron chi connectivity index (χ0n) is 11.5. The van der Waals surface area contributed by atoms with E-state index < -0.39 is 0 Å². The van der Waals surface area contributed by atoms with E-state index in [1.165, 1.54) is 5.56 Å². The van der Waals surface area contributed by atoms with Gasteiger partial charge in [-0.2, -0.15) is 0 Å². The third-order valence-corrected chi connectivity index (χ3v) is 3.50. The Labute approximate surface area is 109 Å². The van der Waals surface area contributed by atoms with E-state index in [2.05, 4.69) is 24.4 Å². The summed E-state index contributed by atoms with van der Waals surface area (Å²) in [5.41, 5.74) is 1.20. The van der Waals surface area contributed by atoms with Crippen LogP contribution in [-0.4, -0.2) is 25.9 Å². The highest BCUT2D eigenvalue weighted by Gasteiger charge is 2.31. The highest BCUT2D eigenvalue weighted by molar-refractivity contribution is 5.36. The van der Waals surface area contributed by atoms with Crippen molar-refractivity contribution in [3.63, 3.8) is 0 Å². The van der Waals surface area contributed by atoms with Gasteiger partial charge in [0.15, 0.2) is 0 Å². The Morgan fingerprint density at radius 3 is 2.78 bits per heavy atom. The van der Waals surface area contributed by atoms with Crippen molar-refractivity contribution in [2.75, 3.05) is 13.7 Å². The van der Waals surface area contributed by atoms with Gasteiger partial charge in [0.2, 0.25) is 0 Å². The van der Waals surface area contributed by atoms with Crippen LogP contribution in [0.1, 0.15) is 38.3 Å². The normalized spacial score (nSPS) is 25.1. The van der Waals surface area contributed by atoms with E-state index in [4.69, 9.17) is 9.47 Å². The maximum atomic E-state index is 5.98. The van der Waals surface area contributed by atoms with Crippen molar-refractivity contribution in [3.8, 4) is 5.75 Å². The van der Waals surface area contributed by atoms with E-state index in [0.717, 1.165) is 18.6 Å². The molecule has 0 amide bonds. The van der Waals surface area contributed by atoms with Crippen LogP contribution in [0.3, 0.4) is 0 Å². The number of likely N-dealkylation sites (N-methyl/N-ethyl adjacent to an activating group) is 1. The molecule has 1 aliphatic heterocycles. The average molecular weight is 249 g/mol. The molecule has 3 nitrogen and oxygen atoms in total. The van der Waals surface area contributed by atoms with Gasteiger partial charge in [-0.25, -0.2) is 0 Å². The van der Waals surface area contributed by atoms with E-state index in [1.807, 2.05) is 26.1 Å². The second-order valence-electron chi connectivity index (χ2n) is 4.80. The standard InChI is InChI=1S/C15H23NO2/c1-4-17-13-8-6-5-7-12(13)15(16-3)14-10-9-11(2)18-14/h5-8,11,14-16H,4,9-10H2,1-3H3. The van der Waals surface area contributed by atoms with Gasteiger partial charge in [0.1, 0.15) is 5.75 Å². The molecule has 3 unspecified atom stereocenters. The van der Waals surface area contributed by atoms with Crippen molar-refractivity contribution < 1.29 is 9.47 Å². The molecule has 3 atom stereocenters. The van der Waals surface area contributed by atoms with Crippen LogP contribution in [-0.2, 0) is 4.74 Å². The van der Waals surface area contributed by atoms with Crippen LogP contribution in [0.4, 0.5) is 0 Å². The van der Waals surface area contributed by atoms with Crippen LogP contribution in [0.5, 0.6) is 5.75 Å². The Kier molecular flexibility index (Phi) is 4.61. The minimum Gasteiger partial charge on any atom is -0.494 e. The van der Waals surface area contributed by atoms with Crippen LogP contribution in [0, 0.1) is 0 Å². The van der Waals surface area contributed by atoms with E-state index in [9.17, 15) is 0 Å². The van der Waals surface area contributed by atoms with Crippen LogP contribution >= 0.6 is 0 Å². The minimum atomic E-state index is 0.206. The van der Waals surface area contributed by atoms with Crippen LogP contribution < -0.4 is 10.1 Å². The zero-order chi connectivity index (χ0) is 13.0. The lowest BCUT2D eigenvalue weighted by Crippen LogP contribution is -2.30. The molecule has 2 rings (SSSR count).